The van der Waals surface area contributed by atoms with Gasteiger partial charge in [0.2, 0.25) is 0 Å². The summed E-state index contributed by atoms with van der Waals surface area (Å²) in [5.74, 6) is 0.904. The highest BCUT2D eigenvalue weighted by Gasteiger charge is 2.05. The molecule has 0 amide bonds. The van der Waals surface area contributed by atoms with Crippen molar-refractivity contribution >= 4 is 23.1 Å². The zero-order chi connectivity index (χ0) is 18.1. The molecule has 4 N–H and O–H groups in total. The highest BCUT2D eigenvalue weighted by Crippen LogP contribution is 2.32. The molecule has 0 aliphatic heterocycles. The third-order valence-electron chi connectivity index (χ3n) is 3.86. The van der Waals surface area contributed by atoms with E-state index in [4.69, 9.17) is 16.2 Å². The van der Waals surface area contributed by atoms with Crippen molar-refractivity contribution in [2.75, 3.05) is 37.7 Å². The van der Waals surface area contributed by atoms with Crippen molar-refractivity contribution in [1.82, 2.24) is 4.90 Å². The minimum atomic E-state index is 0.615. The molecule has 4 nitrogen and oxygen atoms in total. The van der Waals surface area contributed by atoms with Crippen LogP contribution < -0.4 is 16.2 Å². The first-order valence-corrected chi connectivity index (χ1v) is 9.72. The quantitative estimate of drug-likeness (QED) is 0.611. The lowest BCUT2D eigenvalue weighted by atomic mass is 10.3. The smallest absolute Gasteiger partial charge is 0.120 e. The maximum Gasteiger partial charge on any atom is 0.120 e. The Morgan fingerprint density at radius 3 is 2.28 bits per heavy atom. The molecule has 5 heteroatoms. The fraction of sp³-hybridized carbons (Fsp3) is 0.400. The van der Waals surface area contributed by atoms with Crippen LogP contribution >= 0.6 is 11.8 Å². The fourth-order valence-electron chi connectivity index (χ4n) is 2.64. The predicted octanol–water partition coefficient (Wildman–Crippen LogP) is 4.50. The lowest BCUT2D eigenvalue weighted by Crippen LogP contribution is -2.30. The summed E-state index contributed by atoms with van der Waals surface area (Å²) in [6.07, 6.45) is 2.35. The van der Waals surface area contributed by atoms with Gasteiger partial charge in [0.05, 0.1) is 11.4 Å². The van der Waals surface area contributed by atoms with E-state index in [9.17, 15) is 0 Å². The first kappa shape index (κ1) is 19.5. The van der Waals surface area contributed by atoms with Crippen LogP contribution in [0.15, 0.2) is 52.3 Å². The van der Waals surface area contributed by atoms with Gasteiger partial charge >= 0.3 is 0 Å². The minimum absolute atomic E-state index is 0.615. The molecule has 0 aliphatic carbocycles. The first-order valence-electron chi connectivity index (χ1n) is 8.90. The maximum atomic E-state index is 5.95. The number of ether oxygens (including phenoxy) is 1. The maximum absolute atomic E-state index is 5.95. The molecule has 0 spiro atoms. The van der Waals surface area contributed by atoms with E-state index < -0.39 is 0 Å². The molecule has 0 saturated carbocycles. The van der Waals surface area contributed by atoms with Crippen LogP contribution in [0.1, 0.15) is 26.7 Å². The average Bonchev–Trinajstić information content (AvgIpc) is 2.59. The molecule has 2 aromatic carbocycles. The van der Waals surface area contributed by atoms with Crippen molar-refractivity contribution in [3.63, 3.8) is 0 Å². The number of hydrogen-bond acceptors (Lipinski definition) is 5. The summed E-state index contributed by atoms with van der Waals surface area (Å²) in [5.41, 5.74) is 12.9. The molecule has 0 aliphatic rings. The highest BCUT2D eigenvalue weighted by atomic mass is 32.2. The van der Waals surface area contributed by atoms with Crippen LogP contribution in [-0.2, 0) is 0 Å². The summed E-state index contributed by atoms with van der Waals surface area (Å²) >= 11 is 1.65. The first-order chi connectivity index (χ1) is 12.1. The molecule has 0 aromatic heterocycles. The Balaban J connectivity index is 1.90. The van der Waals surface area contributed by atoms with Gasteiger partial charge in [-0.15, -0.1) is 0 Å². The van der Waals surface area contributed by atoms with Crippen LogP contribution in [-0.4, -0.2) is 31.1 Å². The monoisotopic (exact) mass is 359 g/mol. The van der Waals surface area contributed by atoms with E-state index in [0.29, 0.717) is 18.0 Å². The van der Waals surface area contributed by atoms with Crippen molar-refractivity contribution < 1.29 is 4.74 Å². The summed E-state index contributed by atoms with van der Waals surface area (Å²) in [6.45, 7) is 8.37. The van der Waals surface area contributed by atoms with Crippen molar-refractivity contribution in [3.8, 4) is 5.75 Å². The van der Waals surface area contributed by atoms with Crippen molar-refractivity contribution in [1.29, 1.82) is 0 Å². The van der Waals surface area contributed by atoms with Gasteiger partial charge in [0.15, 0.2) is 0 Å². The predicted molar refractivity (Wildman–Crippen MR) is 108 cm³/mol. The lowest BCUT2D eigenvalue weighted by molar-refractivity contribution is 0.209. The van der Waals surface area contributed by atoms with E-state index >= 15 is 0 Å². The van der Waals surface area contributed by atoms with Gasteiger partial charge in [0.1, 0.15) is 12.4 Å². The number of hydrogen-bond donors (Lipinski definition) is 2. The Kier molecular flexibility index (Phi) is 7.95. The average molecular weight is 360 g/mol. The topological polar surface area (TPSA) is 64.5 Å². The standard InChI is InChI=1S/C20H29N3OS/c1-3-10-23(11-4-2)12-13-24-16-6-5-7-17(14-16)25-18-8-9-19(21)20(22)15-18/h5-9,14-15H,3-4,10-13,21-22H2,1-2H3. The number of nitrogens with two attached hydrogens (primary N) is 2. The highest BCUT2D eigenvalue weighted by molar-refractivity contribution is 7.99. The normalized spacial score (nSPS) is 11.0. The van der Waals surface area contributed by atoms with Crippen LogP contribution in [0.3, 0.4) is 0 Å². The van der Waals surface area contributed by atoms with Crippen molar-refractivity contribution in [2.24, 2.45) is 0 Å². The third-order valence-corrected chi connectivity index (χ3v) is 4.83. The van der Waals surface area contributed by atoms with E-state index in [1.807, 2.05) is 30.3 Å². The van der Waals surface area contributed by atoms with Gasteiger partial charge < -0.3 is 16.2 Å². The molecule has 136 valence electrons. The number of benzene rings is 2. The van der Waals surface area contributed by atoms with Crippen LogP contribution in [0.25, 0.3) is 0 Å². The molecule has 2 aromatic rings. The van der Waals surface area contributed by atoms with Crippen LogP contribution in [0, 0.1) is 0 Å². The Bertz CT molecular complexity index is 657. The summed E-state index contributed by atoms with van der Waals surface area (Å²) in [5, 5.41) is 0. The molecule has 0 fully saturated rings. The molecule has 2 rings (SSSR count). The number of nitrogen functional groups attached to an aromatic ring is 2. The molecule has 0 saturated heterocycles. The Morgan fingerprint density at radius 2 is 1.60 bits per heavy atom. The van der Waals surface area contributed by atoms with Gasteiger partial charge in [-0.05, 0) is 62.3 Å². The van der Waals surface area contributed by atoms with E-state index in [0.717, 1.165) is 35.2 Å². The van der Waals surface area contributed by atoms with Crippen LogP contribution in [0.4, 0.5) is 11.4 Å². The lowest BCUT2D eigenvalue weighted by Gasteiger charge is -2.20. The van der Waals surface area contributed by atoms with Gasteiger partial charge in [-0.1, -0.05) is 31.7 Å². The summed E-state index contributed by atoms with van der Waals surface area (Å²) in [6, 6.07) is 13.9. The van der Waals surface area contributed by atoms with Gasteiger partial charge in [0.25, 0.3) is 0 Å². The van der Waals surface area contributed by atoms with Crippen molar-refractivity contribution in [3.05, 3.63) is 42.5 Å². The Morgan fingerprint density at radius 1 is 0.880 bits per heavy atom. The number of nitrogens with zero attached hydrogens (tertiary/aromatic N) is 1. The fourth-order valence-corrected chi connectivity index (χ4v) is 3.56. The number of rotatable bonds is 10. The molecular formula is C20H29N3OS. The molecular weight excluding hydrogens is 330 g/mol. The molecule has 0 unspecified atom stereocenters. The second-order valence-electron chi connectivity index (χ2n) is 6.06. The molecule has 0 bridgehead atoms. The van der Waals surface area contributed by atoms with Crippen molar-refractivity contribution in [2.45, 2.75) is 36.5 Å². The van der Waals surface area contributed by atoms with Crippen LogP contribution in [0.5, 0.6) is 5.75 Å². The van der Waals surface area contributed by atoms with E-state index in [2.05, 4.69) is 30.9 Å². The Labute approximate surface area is 155 Å². The molecule has 0 heterocycles. The zero-order valence-corrected chi connectivity index (χ0v) is 16.0. The van der Waals surface area contributed by atoms with E-state index in [1.54, 1.807) is 11.8 Å². The van der Waals surface area contributed by atoms with Gasteiger partial charge in [0, 0.05) is 16.3 Å². The second-order valence-corrected chi connectivity index (χ2v) is 7.20. The second kappa shape index (κ2) is 10.2. The molecule has 0 atom stereocenters. The summed E-state index contributed by atoms with van der Waals surface area (Å²) in [7, 11) is 0. The van der Waals surface area contributed by atoms with Gasteiger partial charge in [-0.3, -0.25) is 4.90 Å². The Hall–Kier alpha value is -1.85. The number of anilines is 2. The zero-order valence-electron chi connectivity index (χ0n) is 15.2. The van der Waals surface area contributed by atoms with Gasteiger partial charge in [-0.25, -0.2) is 0 Å². The third kappa shape index (κ3) is 6.52. The molecule has 0 radical (unpaired) electrons. The van der Waals surface area contributed by atoms with Gasteiger partial charge in [-0.2, -0.15) is 0 Å². The molecule has 25 heavy (non-hydrogen) atoms. The largest absolute Gasteiger partial charge is 0.492 e. The van der Waals surface area contributed by atoms with E-state index in [-0.39, 0.29) is 0 Å². The van der Waals surface area contributed by atoms with E-state index in [1.165, 1.54) is 12.8 Å². The summed E-state index contributed by atoms with van der Waals surface area (Å²) in [4.78, 5) is 4.65. The minimum Gasteiger partial charge on any atom is -0.492 e. The summed E-state index contributed by atoms with van der Waals surface area (Å²) < 4.78 is 5.95. The SMILES string of the molecule is CCCN(CCC)CCOc1cccc(Sc2ccc(N)c(N)c2)c1. The van der Waals surface area contributed by atoms with Crippen LogP contribution in [0.2, 0.25) is 0 Å².